The summed E-state index contributed by atoms with van der Waals surface area (Å²) in [6.45, 7) is 10.2. The molecule has 3 aliphatic rings. The lowest BCUT2D eigenvalue weighted by atomic mass is 9.74. The summed E-state index contributed by atoms with van der Waals surface area (Å²) in [7, 11) is 0. The van der Waals surface area contributed by atoms with Gasteiger partial charge < -0.3 is 0 Å². The van der Waals surface area contributed by atoms with Gasteiger partial charge in [0.15, 0.2) is 0 Å². The summed E-state index contributed by atoms with van der Waals surface area (Å²) < 4.78 is 13.9. The SMILES string of the molecule is C=C/C(F)=C1/CN2CCC3(CC3)[C@@]2(CC(C)C)C1. The summed E-state index contributed by atoms with van der Waals surface area (Å²) in [5.41, 5.74) is 1.80. The van der Waals surface area contributed by atoms with E-state index in [4.69, 9.17) is 0 Å². The highest BCUT2D eigenvalue weighted by atomic mass is 19.1. The third-order valence-corrected chi connectivity index (χ3v) is 5.46. The average Bonchev–Trinajstić information content (AvgIpc) is 2.96. The third-order valence-electron chi connectivity index (χ3n) is 5.46. The Balaban J connectivity index is 1.96. The van der Waals surface area contributed by atoms with E-state index in [1.165, 1.54) is 38.3 Å². The second-order valence-corrected chi connectivity index (χ2v) is 6.91. The van der Waals surface area contributed by atoms with Crippen molar-refractivity contribution in [2.45, 2.75) is 51.5 Å². The quantitative estimate of drug-likeness (QED) is 0.728. The molecule has 0 N–H and O–H groups in total. The van der Waals surface area contributed by atoms with E-state index in [0.29, 0.717) is 11.3 Å². The predicted octanol–water partition coefficient (Wildman–Crippen LogP) is 4.07. The van der Waals surface area contributed by atoms with Gasteiger partial charge in [0.05, 0.1) is 0 Å². The van der Waals surface area contributed by atoms with Crippen molar-refractivity contribution in [2.24, 2.45) is 11.3 Å². The van der Waals surface area contributed by atoms with Crippen LogP contribution in [0.25, 0.3) is 0 Å². The first-order chi connectivity index (χ1) is 8.53. The number of allylic oxidation sites excluding steroid dienone is 2. The van der Waals surface area contributed by atoms with Crippen LogP contribution in [0, 0.1) is 11.3 Å². The van der Waals surface area contributed by atoms with Crippen molar-refractivity contribution in [1.29, 1.82) is 0 Å². The van der Waals surface area contributed by atoms with Crippen LogP contribution in [0.15, 0.2) is 24.1 Å². The van der Waals surface area contributed by atoms with E-state index in [-0.39, 0.29) is 11.4 Å². The molecule has 18 heavy (non-hydrogen) atoms. The summed E-state index contributed by atoms with van der Waals surface area (Å²) in [5, 5.41) is 0. The molecule has 2 heterocycles. The second kappa shape index (κ2) is 3.93. The van der Waals surface area contributed by atoms with Crippen LogP contribution >= 0.6 is 0 Å². The number of hydrogen-bond acceptors (Lipinski definition) is 1. The zero-order valence-corrected chi connectivity index (χ0v) is 11.6. The Morgan fingerprint density at radius 1 is 1.44 bits per heavy atom. The van der Waals surface area contributed by atoms with Gasteiger partial charge in [-0.05, 0) is 61.6 Å². The van der Waals surface area contributed by atoms with Crippen molar-refractivity contribution in [3.63, 3.8) is 0 Å². The number of rotatable bonds is 3. The van der Waals surface area contributed by atoms with Gasteiger partial charge in [-0.2, -0.15) is 0 Å². The molecule has 1 nitrogen and oxygen atoms in total. The topological polar surface area (TPSA) is 3.24 Å². The highest BCUT2D eigenvalue weighted by Crippen LogP contribution is 2.68. The Morgan fingerprint density at radius 3 is 2.72 bits per heavy atom. The molecule has 0 radical (unpaired) electrons. The number of nitrogens with zero attached hydrogens (tertiary/aromatic N) is 1. The Bertz CT molecular complexity index is 405. The normalized spacial score (nSPS) is 36.2. The van der Waals surface area contributed by atoms with Gasteiger partial charge in [-0.15, -0.1) is 0 Å². The molecular formula is C16H24FN. The van der Waals surface area contributed by atoms with Gasteiger partial charge in [0.1, 0.15) is 5.83 Å². The van der Waals surface area contributed by atoms with Crippen molar-refractivity contribution in [3.05, 3.63) is 24.1 Å². The number of hydrogen-bond donors (Lipinski definition) is 0. The van der Waals surface area contributed by atoms with Crippen LogP contribution in [-0.2, 0) is 0 Å². The molecular weight excluding hydrogens is 225 g/mol. The van der Waals surface area contributed by atoms with E-state index in [1.54, 1.807) is 0 Å². The zero-order valence-electron chi connectivity index (χ0n) is 11.6. The minimum Gasteiger partial charge on any atom is -0.293 e. The maximum absolute atomic E-state index is 13.9. The molecule has 0 bridgehead atoms. The lowest BCUT2D eigenvalue weighted by Crippen LogP contribution is -2.45. The Morgan fingerprint density at radius 2 is 2.17 bits per heavy atom. The van der Waals surface area contributed by atoms with Crippen molar-refractivity contribution >= 4 is 0 Å². The molecule has 0 aromatic rings. The predicted molar refractivity (Wildman–Crippen MR) is 73.0 cm³/mol. The molecule has 1 saturated carbocycles. The van der Waals surface area contributed by atoms with E-state index < -0.39 is 0 Å². The average molecular weight is 249 g/mol. The minimum atomic E-state index is -0.0664. The monoisotopic (exact) mass is 249 g/mol. The van der Waals surface area contributed by atoms with Crippen LogP contribution in [0.3, 0.4) is 0 Å². The van der Waals surface area contributed by atoms with Crippen LogP contribution in [0.4, 0.5) is 4.39 Å². The van der Waals surface area contributed by atoms with Crippen molar-refractivity contribution < 1.29 is 4.39 Å². The van der Waals surface area contributed by atoms with Gasteiger partial charge in [-0.25, -0.2) is 4.39 Å². The lowest BCUT2D eigenvalue weighted by Gasteiger charge is -2.39. The van der Waals surface area contributed by atoms with E-state index in [9.17, 15) is 4.39 Å². The standard InChI is InChI=1S/C16H24FN/c1-4-14(17)13-10-16(9-12(2)3)15(5-6-15)7-8-18(16)11-13/h4,12H,1,5-11H2,2-3H3/b14-13-/t16-/m1/s1. The highest BCUT2D eigenvalue weighted by Gasteiger charge is 2.66. The fourth-order valence-electron chi connectivity index (χ4n) is 4.56. The minimum absolute atomic E-state index is 0.0664. The highest BCUT2D eigenvalue weighted by molar-refractivity contribution is 5.33. The molecule has 0 unspecified atom stereocenters. The second-order valence-electron chi connectivity index (χ2n) is 6.91. The molecule has 2 heteroatoms. The van der Waals surface area contributed by atoms with E-state index in [0.717, 1.165) is 18.5 Å². The largest absolute Gasteiger partial charge is 0.293 e. The van der Waals surface area contributed by atoms with Crippen LogP contribution < -0.4 is 0 Å². The molecule has 0 aromatic carbocycles. The smallest absolute Gasteiger partial charge is 0.123 e. The van der Waals surface area contributed by atoms with Gasteiger partial charge in [0.25, 0.3) is 0 Å². The molecule has 3 rings (SSSR count). The fourth-order valence-corrected chi connectivity index (χ4v) is 4.56. The van der Waals surface area contributed by atoms with Crippen molar-refractivity contribution in [1.82, 2.24) is 4.90 Å². The van der Waals surface area contributed by atoms with E-state index in [1.807, 2.05) is 0 Å². The molecule has 0 amide bonds. The summed E-state index contributed by atoms with van der Waals surface area (Å²) in [6.07, 6.45) is 7.62. The van der Waals surface area contributed by atoms with Crippen LogP contribution in [0.2, 0.25) is 0 Å². The summed E-state index contributed by atoms with van der Waals surface area (Å²) in [4.78, 5) is 2.58. The Hall–Kier alpha value is -0.630. The molecule has 1 spiro atoms. The lowest BCUT2D eigenvalue weighted by molar-refractivity contribution is 0.108. The first-order valence-electron chi connectivity index (χ1n) is 7.28. The summed E-state index contributed by atoms with van der Waals surface area (Å²) >= 11 is 0. The van der Waals surface area contributed by atoms with Crippen LogP contribution in [0.5, 0.6) is 0 Å². The van der Waals surface area contributed by atoms with Crippen molar-refractivity contribution in [2.75, 3.05) is 13.1 Å². The van der Waals surface area contributed by atoms with Gasteiger partial charge in [-0.1, -0.05) is 20.4 Å². The Kier molecular flexibility index (Phi) is 2.71. The first kappa shape index (κ1) is 12.4. The molecule has 1 atom stereocenters. The third kappa shape index (κ3) is 1.54. The Labute approximate surface area is 110 Å². The summed E-state index contributed by atoms with van der Waals surface area (Å²) in [6, 6.07) is 0. The molecule has 100 valence electrons. The van der Waals surface area contributed by atoms with Gasteiger partial charge >= 0.3 is 0 Å². The van der Waals surface area contributed by atoms with Crippen LogP contribution in [-0.4, -0.2) is 23.5 Å². The first-order valence-corrected chi connectivity index (χ1v) is 7.28. The fraction of sp³-hybridized carbons (Fsp3) is 0.750. The number of halogens is 1. The van der Waals surface area contributed by atoms with Gasteiger partial charge in [0, 0.05) is 12.1 Å². The maximum atomic E-state index is 13.9. The molecule has 2 aliphatic heterocycles. The summed E-state index contributed by atoms with van der Waals surface area (Å²) in [5.74, 6) is 0.623. The molecule has 2 saturated heterocycles. The molecule has 1 aliphatic carbocycles. The molecule has 3 fully saturated rings. The maximum Gasteiger partial charge on any atom is 0.123 e. The van der Waals surface area contributed by atoms with Crippen LogP contribution in [0.1, 0.15) is 46.0 Å². The number of fused-ring (bicyclic) bond motifs is 2. The van der Waals surface area contributed by atoms with E-state index in [2.05, 4.69) is 25.3 Å². The van der Waals surface area contributed by atoms with E-state index >= 15 is 0 Å². The van der Waals surface area contributed by atoms with Gasteiger partial charge in [-0.3, -0.25) is 4.90 Å². The van der Waals surface area contributed by atoms with Gasteiger partial charge in [0.2, 0.25) is 0 Å². The van der Waals surface area contributed by atoms with Crippen molar-refractivity contribution in [3.8, 4) is 0 Å². The molecule has 0 aromatic heterocycles. The zero-order chi connectivity index (χ0) is 13.0.